The predicted molar refractivity (Wildman–Crippen MR) is 160 cm³/mol. The molecular weight excluding hydrogens is 564 g/mol. The number of nitrogens with zero attached hydrogens (tertiary/aromatic N) is 3. The number of amides is 1. The van der Waals surface area contributed by atoms with Gasteiger partial charge in [-0.1, -0.05) is 54.6 Å². The van der Waals surface area contributed by atoms with Crippen molar-refractivity contribution < 1.29 is 28.8 Å². The van der Waals surface area contributed by atoms with E-state index in [1.54, 1.807) is 14.2 Å². The fourth-order valence-electron chi connectivity index (χ4n) is 5.40. The average Bonchev–Trinajstić information content (AvgIpc) is 3.36. The number of benzene rings is 3. The van der Waals surface area contributed by atoms with Crippen LogP contribution in [0.1, 0.15) is 29.8 Å². The lowest BCUT2D eigenvalue weighted by atomic mass is 9.80. The average molecular weight is 597 g/mol. The SMILES string of the molecule is COc1ccc(C(OC[C@H]2O[C@@H](n3ccc(NC(C)=O)nc3=O)[C@@H](C#N)[C@@H]2O)(c2ccccc2)c2ccc(OC)cc2)cc1. The molecule has 3 aromatic carbocycles. The van der Waals surface area contributed by atoms with Gasteiger partial charge in [0.2, 0.25) is 5.91 Å². The Morgan fingerprint density at radius 3 is 2.05 bits per heavy atom. The number of hydrogen-bond acceptors (Lipinski definition) is 9. The number of nitrogens with one attached hydrogen (secondary N) is 1. The summed E-state index contributed by atoms with van der Waals surface area (Å²) in [6.45, 7) is 1.16. The molecule has 0 unspecified atom stereocenters. The van der Waals surface area contributed by atoms with E-state index in [1.807, 2.05) is 78.9 Å². The van der Waals surface area contributed by atoms with E-state index in [4.69, 9.17) is 18.9 Å². The first-order valence-corrected chi connectivity index (χ1v) is 13.9. The molecule has 5 rings (SSSR count). The fraction of sp³-hybridized carbons (Fsp3) is 0.273. The van der Waals surface area contributed by atoms with Gasteiger partial charge in [0, 0.05) is 13.1 Å². The molecule has 11 nitrogen and oxygen atoms in total. The van der Waals surface area contributed by atoms with Crippen LogP contribution in [0.5, 0.6) is 11.5 Å². The van der Waals surface area contributed by atoms with Gasteiger partial charge >= 0.3 is 5.69 Å². The zero-order chi connectivity index (χ0) is 31.3. The van der Waals surface area contributed by atoms with Crippen molar-refractivity contribution in [3.05, 3.63) is 118 Å². The second-order valence-corrected chi connectivity index (χ2v) is 10.2. The maximum absolute atomic E-state index is 12.8. The van der Waals surface area contributed by atoms with Gasteiger partial charge in [0.15, 0.2) is 6.23 Å². The molecule has 0 bridgehead atoms. The number of aromatic nitrogens is 2. The van der Waals surface area contributed by atoms with Gasteiger partial charge in [-0.3, -0.25) is 9.36 Å². The van der Waals surface area contributed by atoms with E-state index in [0.29, 0.717) is 11.5 Å². The van der Waals surface area contributed by atoms with Crippen molar-refractivity contribution in [3.63, 3.8) is 0 Å². The molecule has 0 spiro atoms. The molecule has 1 fully saturated rings. The van der Waals surface area contributed by atoms with Crippen LogP contribution in [-0.4, -0.2) is 53.6 Å². The summed E-state index contributed by atoms with van der Waals surface area (Å²) < 4.78 is 24.9. The van der Waals surface area contributed by atoms with E-state index >= 15 is 0 Å². The van der Waals surface area contributed by atoms with Gasteiger partial charge in [0.05, 0.1) is 26.9 Å². The zero-order valence-electron chi connectivity index (χ0n) is 24.4. The zero-order valence-corrected chi connectivity index (χ0v) is 24.4. The summed E-state index contributed by atoms with van der Waals surface area (Å²) in [5.41, 5.74) is 0.450. The molecule has 1 aliphatic rings. The van der Waals surface area contributed by atoms with Crippen LogP contribution in [0, 0.1) is 17.2 Å². The van der Waals surface area contributed by atoms with Crippen molar-refractivity contribution in [3.8, 4) is 17.6 Å². The Kier molecular flexibility index (Phi) is 9.06. The van der Waals surface area contributed by atoms with E-state index in [2.05, 4.69) is 16.4 Å². The lowest BCUT2D eigenvalue weighted by Crippen LogP contribution is -2.38. The van der Waals surface area contributed by atoms with Crippen LogP contribution in [0.15, 0.2) is 95.9 Å². The van der Waals surface area contributed by atoms with Crippen LogP contribution in [0.3, 0.4) is 0 Å². The van der Waals surface area contributed by atoms with Crippen molar-refractivity contribution in [2.45, 2.75) is 31.0 Å². The predicted octanol–water partition coefficient (Wildman–Crippen LogP) is 3.63. The Hall–Kier alpha value is -5.02. The Balaban J connectivity index is 1.53. The largest absolute Gasteiger partial charge is 0.497 e. The molecule has 1 amide bonds. The minimum Gasteiger partial charge on any atom is -0.497 e. The molecule has 4 atom stereocenters. The summed E-state index contributed by atoms with van der Waals surface area (Å²) in [6, 6.07) is 28.1. The molecule has 11 heteroatoms. The molecule has 226 valence electrons. The van der Waals surface area contributed by atoms with Crippen molar-refractivity contribution in [1.82, 2.24) is 9.55 Å². The van der Waals surface area contributed by atoms with Crippen LogP contribution in [0.25, 0.3) is 0 Å². The summed E-state index contributed by atoms with van der Waals surface area (Å²) in [4.78, 5) is 28.1. The normalized spacial score (nSPS) is 19.6. The van der Waals surface area contributed by atoms with E-state index < -0.39 is 35.6 Å². The monoisotopic (exact) mass is 596 g/mol. The molecule has 1 aliphatic heterocycles. The van der Waals surface area contributed by atoms with Crippen LogP contribution < -0.4 is 20.5 Å². The first-order valence-electron chi connectivity index (χ1n) is 13.9. The molecule has 0 aliphatic carbocycles. The number of anilines is 1. The molecule has 44 heavy (non-hydrogen) atoms. The van der Waals surface area contributed by atoms with Gasteiger partial charge in [0.25, 0.3) is 0 Å². The first-order chi connectivity index (χ1) is 21.3. The van der Waals surface area contributed by atoms with Crippen molar-refractivity contribution in [2.24, 2.45) is 5.92 Å². The van der Waals surface area contributed by atoms with E-state index in [9.17, 15) is 20.0 Å². The third-order valence-corrected chi connectivity index (χ3v) is 7.57. The number of carbonyl (C=O) groups excluding carboxylic acids is 1. The minimum atomic E-state index is -1.29. The Bertz CT molecular complexity index is 1640. The Morgan fingerprint density at radius 1 is 0.977 bits per heavy atom. The van der Waals surface area contributed by atoms with Gasteiger partial charge in [-0.15, -0.1) is 0 Å². The van der Waals surface area contributed by atoms with E-state index in [1.165, 1.54) is 19.2 Å². The number of ether oxygens (including phenoxy) is 4. The molecule has 0 saturated carbocycles. The molecule has 2 N–H and O–H groups in total. The Morgan fingerprint density at radius 2 is 1.55 bits per heavy atom. The third-order valence-electron chi connectivity index (χ3n) is 7.57. The number of aliphatic hydroxyl groups is 1. The van der Waals surface area contributed by atoms with Gasteiger partial charge in [-0.2, -0.15) is 10.2 Å². The summed E-state index contributed by atoms with van der Waals surface area (Å²) in [6.07, 6.45) is -2.03. The molecule has 1 saturated heterocycles. The van der Waals surface area contributed by atoms with E-state index in [0.717, 1.165) is 21.3 Å². The first kappa shape index (κ1) is 30.4. The highest BCUT2D eigenvalue weighted by Crippen LogP contribution is 2.43. The number of aliphatic hydroxyl groups excluding tert-OH is 1. The van der Waals surface area contributed by atoms with Crippen molar-refractivity contribution in [1.29, 1.82) is 5.26 Å². The second kappa shape index (κ2) is 13.1. The minimum absolute atomic E-state index is 0.0670. The quantitative estimate of drug-likeness (QED) is 0.262. The lowest BCUT2D eigenvalue weighted by molar-refractivity contribution is -0.114. The van der Waals surface area contributed by atoms with Crippen LogP contribution in [0.4, 0.5) is 5.82 Å². The maximum Gasteiger partial charge on any atom is 0.351 e. The standard InChI is InChI=1S/C33H32N4O7/c1-21(38)35-29-17-18-37(32(40)36-29)31-27(19-34)30(39)28(44-31)20-43-33(22-7-5-4-6-8-22,23-9-13-25(41-2)14-10-23)24-11-15-26(42-3)16-12-24/h4-18,27-28,30-31,39H,20H2,1-3H3,(H,35,36,38,40)/t27-,28+,30-,31+/m0/s1. The molecule has 0 radical (unpaired) electrons. The molecule has 2 heterocycles. The summed E-state index contributed by atoms with van der Waals surface area (Å²) >= 11 is 0. The summed E-state index contributed by atoms with van der Waals surface area (Å²) in [5.74, 6) is -0.0726. The molecular formula is C33H32N4O7. The lowest BCUT2D eigenvalue weighted by Gasteiger charge is -2.37. The third kappa shape index (κ3) is 5.91. The second-order valence-electron chi connectivity index (χ2n) is 10.2. The van der Waals surface area contributed by atoms with Crippen molar-refractivity contribution >= 4 is 11.7 Å². The highest BCUT2D eigenvalue weighted by molar-refractivity contribution is 5.87. The molecule has 4 aromatic rings. The number of carbonyl (C=O) groups is 1. The molecule has 1 aromatic heterocycles. The number of methoxy groups -OCH3 is 2. The van der Waals surface area contributed by atoms with Crippen LogP contribution in [-0.2, 0) is 19.9 Å². The van der Waals surface area contributed by atoms with Gasteiger partial charge in [-0.05, 0) is 47.0 Å². The van der Waals surface area contributed by atoms with Crippen LogP contribution >= 0.6 is 0 Å². The van der Waals surface area contributed by atoms with E-state index in [-0.39, 0.29) is 18.3 Å². The van der Waals surface area contributed by atoms with Gasteiger partial charge in [0.1, 0.15) is 41.0 Å². The number of hydrogen-bond donors (Lipinski definition) is 2. The van der Waals surface area contributed by atoms with Crippen LogP contribution in [0.2, 0.25) is 0 Å². The van der Waals surface area contributed by atoms with Crippen molar-refractivity contribution in [2.75, 3.05) is 26.1 Å². The number of rotatable bonds is 10. The Labute approximate surface area is 254 Å². The van der Waals surface area contributed by atoms with Gasteiger partial charge < -0.3 is 29.4 Å². The summed E-state index contributed by atoms with van der Waals surface area (Å²) in [5, 5.41) is 23.7. The highest BCUT2D eigenvalue weighted by atomic mass is 16.6. The topological polar surface area (TPSA) is 145 Å². The van der Waals surface area contributed by atoms with Gasteiger partial charge in [-0.25, -0.2) is 4.79 Å². The number of nitriles is 1. The fourth-order valence-corrected chi connectivity index (χ4v) is 5.40. The summed E-state index contributed by atoms with van der Waals surface area (Å²) in [7, 11) is 3.18. The maximum atomic E-state index is 12.8. The smallest absolute Gasteiger partial charge is 0.351 e. The highest BCUT2D eigenvalue weighted by Gasteiger charge is 2.47.